The number of benzene rings is 3. The predicted molar refractivity (Wildman–Crippen MR) is 97.5 cm³/mol. The molecule has 24 heavy (non-hydrogen) atoms. The lowest BCUT2D eigenvalue weighted by Crippen LogP contribution is -2.21. The van der Waals surface area contributed by atoms with E-state index < -0.39 is 0 Å². The molecule has 122 valence electrons. The smallest absolute Gasteiger partial charge is 0.253 e. The molecule has 0 bridgehead atoms. The van der Waals surface area contributed by atoms with Gasteiger partial charge in [-0.2, -0.15) is 0 Å². The van der Waals surface area contributed by atoms with Crippen LogP contribution in [-0.4, -0.2) is 24.9 Å². The van der Waals surface area contributed by atoms with Crippen molar-refractivity contribution in [2.75, 3.05) is 14.1 Å². The first-order chi connectivity index (χ1) is 11.5. The molecular formula is C21H21NO2. The summed E-state index contributed by atoms with van der Waals surface area (Å²) in [5.41, 5.74) is 2.77. The number of carbonyl (C=O) groups is 1. The molecular weight excluding hydrogens is 298 g/mol. The minimum atomic E-state index is -0.0226. The number of nitrogens with zero attached hydrogens (tertiary/aromatic N) is 1. The average molecular weight is 319 g/mol. The zero-order valence-corrected chi connectivity index (χ0v) is 14.2. The summed E-state index contributed by atoms with van der Waals surface area (Å²) in [6, 6.07) is 20.2. The third kappa shape index (κ3) is 3.40. The van der Waals surface area contributed by atoms with Crippen LogP contribution >= 0.6 is 0 Å². The van der Waals surface area contributed by atoms with Crippen molar-refractivity contribution in [2.24, 2.45) is 0 Å². The van der Waals surface area contributed by atoms with Crippen LogP contribution in [0.2, 0.25) is 0 Å². The molecule has 0 aliphatic carbocycles. The van der Waals surface area contributed by atoms with Gasteiger partial charge in [-0.3, -0.25) is 4.79 Å². The average Bonchev–Trinajstić information content (AvgIpc) is 2.60. The number of ether oxygens (including phenoxy) is 1. The second-order valence-electron chi connectivity index (χ2n) is 6.15. The monoisotopic (exact) mass is 319 g/mol. The van der Waals surface area contributed by atoms with E-state index in [1.165, 1.54) is 10.8 Å². The van der Waals surface area contributed by atoms with Gasteiger partial charge < -0.3 is 9.64 Å². The number of rotatable bonds is 4. The van der Waals surface area contributed by atoms with Crippen LogP contribution in [0.15, 0.2) is 60.7 Å². The lowest BCUT2D eigenvalue weighted by Gasteiger charge is -2.14. The second-order valence-corrected chi connectivity index (χ2v) is 6.15. The Morgan fingerprint density at radius 3 is 2.46 bits per heavy atom. The van der Waals surface area contributed by atoms with Crippen LogP contribution < -0.4 is 4.74 Å². The van der Waals surface area contributed by atoms with Crippen molar-refractivity contribution in [3.63, 3.8) is 0 Å². The van der Waals surface area contributed by atoms with Crippen LogP contribution in [0.25, 0.3) is 10.8 Å². The molecule has 0 atom stereocenters. The zero-order valence-electron chi connectivity index (χ0n) is 14.2. The normalized spacial score (nSPS) is 10.6. The Labute approximate surface area is 142 Å². The highest BCUT2D eigenvalue weighted by Gasteiger charge is 2.10. The molecule has 0 aromatic heterocycles. The Kier molecular flexibility index (Phi) is 4.52. The lowest BCUT2D eigenvalue weighted by molar-refractivity contribution is 0.0827. The molecule has 0 saturated carbocycles. The SMILES string of the molecule is Cc1ccc(C(=O)N(C)C)cc1OCc1ccc2ccccc2c1. The van der Waals surface area contributed by atoms with E-state index in [-0.39, 0.29) is 5.91 Å². The highest BCUT2D eigenvalue weighted by Crippen LogP contribution is 2.22. The van der Waals surface area contributed by atoms with Gasteiger partial charge in [0.15, 0.2) is 0 Å². The summed E-state index contributed by atoms with van der Waals surface area (Å²) in [5.74, 6) is 0.724. The molecule has 0 aliphatic heterocycles. The van der Waals surface area contributed by atoms with E-state index in [2.05, 4.69) is 30.3 Å². The first-order valence-corrected chi connectivity index (χ1v) is 7.97. The summed E-state index contributed by atoms with van der Waals surface area (Å²) in [5, 5.41) is 2.42. The zero-order chi connectivity index (χ0) is 17.1. The van der Waals surface area contributed by atoms with Gasteiger partial charge in [-0.1, -0.05) is 42.5 Å². The summed E-state index contributed by atoms with van der Waals surface area (Å²) in [6.45, 7) is 2.46. The predicted octanol–water partition coefficient (Wildman–Crippen LogP) is 4.43. The standard InChI is InChI=1S/C21H21NO2/c1-15-8-10-19(21(23)22(2)3)13-20(15)24-14-16-9-11-17-6-4-5-7-18(17)12-16/h4-13H,14H2,1-3H3. The molecule has 3 rings (SSSR count). The first kappa shape index (κ1) is 16.1. The third-order valence-corrected chi connectivity index (χ3v) is 4.05. The van der Waals surface area contributed by atoms with Crippen LogP contribution in [0.3, 0.4) is 0 Å². The van der Waals surface area contributed by atoms with Crippen molar-refractivity contribution in [1.29, 1.82) is 0 Å². The van der Waals surface area contributed by atoms with Crippen LogP contribution in [0.4, 0.5) is 0 Å². The minimum Gasteiger partial charge on any atom is -0.489 e. The molecule has 0 fully saturated rings. The summed E-state index contributed by atoms with van der Waals surface area (Å²) >= 11 is 0. The van der Waals surface area contributed by atoms with Gasteiger partial charge in [0.25, 0.3) is 5.91 Å². The van der Waals surface area contributed by atoms with E-state index in [0.29, 0.717) is 12.2 Å². The number of fused-ring (bicyclic) bond motifs is 1. The fourth-order valence-electron chi connectivity index (χ4n) is 2.64. The molecule has 0 radical (unpaired) electrons. The number of amides is 1. The Balaban J connectivity index is 1.80. The largest absolute Gasteiger partial charge is 0.489 e. The van der Waals surface area contributed by atoms with Crippen LogP contribution in [-0.2, 0) is 6.61 Å². The van der Waals surface area contributed by atoms with E-state index in [4.69, 9.17) is 4.74 Å². The van der Waals surface area contributed by atoms with E-state index in [1.54, 1.807) is 19.0 Å². The van der Waals surface area contributed by atoms with Crippen molar-refractivity contribution in [1.82, 2.24) is 4.90 Å². The fraction of sp³-hybridized carbons (Fsp3) is 0.190. The van der Waals surface area contributed by atoms with Gasteiger partial charge in [0.2, 0.25) is 0 Å². The third-order valence-electron chi connectivity index (χ3n) is 4.05. The molecule has 0 spiro atoms. The minimum absolute atomic E-state index is 0.0226. The molecule has 0 heterocycles. The Hall–Kier alpha value is -2.81. The van der Waals surface area contributed by atoms with E-state index in [1.807, 2.05) is 37.3 Å². The molecule has 3 aromatic rings. The maximum Gasteiger partial charge on any atom is 0.253 e. The first-order valence-electron chi connectivity index (χ1n) is 7.97. The van der Waals surface area contributed by atoms with Gasteiger partial charge >= 0.3 is 0 Å². The molecule has 3 aromatic carbocycles. The highest BCUT2D eigenvalue weighted by atomic mass is 16.5. The summed E-state index contributed by atoms with van der Waals surface area (Å²) in [4.78, 5) is 13.7. The van der Waals surface area contributed by atoms with Gasteiger partial charge in [-0.25, -0.2) is 0 Å². The second kappa shape index (κ2) is 6.75. The van der Waals surface area contributed by atoms with Gasteiger partial charge in [-0.05, 0) is 47.0 Å². The quantitative estimate of drug-likeness (QED) is 0.712. The van der Waals surface area contributed by atoms with E-state index in [0.717, 1.165) is 16.9 Å². The fourth-order valence-corrected chi connectivity index (χ4v) is 2.64. The highest BCUT2D eigenvalue weighted by molar-refractivity contribution is 5.94. The summed E-state index contributed by atoms with van der Waals surface area (Å²) in [7, 11) is 3.50. The van der Waals surface area contributed by atoms with Crippen molar-refractivity contribution >= 4 is 16.7 Å². The Morgan fingerprint density at radius 1 is 0.958 bits per heavy atom. The van der Waals surface area contributed by atoms with Gasteiger partial charge in [0, 0.05) is 19.7 Å². The van der Waals surface area contributed by atoms with Crippen LogP contribution in [0.1, 0.15) is 21.5 Å². The number of aryl methyl sites for hydroxylation is 1. The molecule has 0 unspecified atom stereocenters. The topological polar surface area (TPSA) is 29.5 Å². The van der Waals surface area contributed by atoms with E-state index in [9.17, 15) is 4.79 Å². The molecule has 3 heteroatoms. The summed E-state index contributed by atoms with van der Waals surface area (Å²) < 4.78 is 5.97. The maximum absolute atomic E-state index is 12.1. The molecule has 0 N–H and O–H groups in total. The Bertz CT molecular complexity index is 884. The van der Waals surface area contributed by atoms with Crippen molar-refractivity contribution < 1.29 is 9.53 Å². The molecule has 0 saturated heterocycles. The van der Waals surface area contributed by atoms with Gasteiger partial charge in [-0.15, -0.1) is 0 Å². The van der Waals surface area contributed by atoms with Crippen molar-refractivity contribution in [3.05, 3.63) is 77.4 Å². The van der Waals surface area contributed by atoms with Crippen molar-refractivity contribution in [3.8, 4) is 5.75 Å². The number of carbonyl (C=O) groups excluding carboxylic acids is 1. The van der Waals surface area contributed by atoms with Crippen LogP contribution in [0, 0.1) is 6.92 Å². The van der Waals surface area contributed by atoms with Crippen molar-refractivity contribution in [2.45, 2.75) is 13.5 Å². The molecule has 1 amide bonds. The van der Waals surface area contributed by atoms with E-state index >= 15 is 0 Å². The van der Waals surface area contributed by atoms with Gasteiger partial charge in [0.05, 0.1) is 0 Å². The molecule has 0 aliphatic rings. The van der Waals surface area contributed by atoms with Gasteiger partial charge in [0.1, 0.15) is 12.4 Å². The number of hydrogen-bond donors (Lipinski definition) is 0. The Morgan fingerprint density at radius 2 is 1.71 bits per heavy atom. The summed E-state index contributed by atoms with van der Waals surface area (Å²) in [6.07, 6.45) is 0. The molecule has 3 nitrogen and oxygen atoms in total. The van der Waals surface area contributed by atoms with Crippen LogP contribution in [0.5, 0.6) is 5.75 Å². The maximum atomic E-state index is 12.1. The lowest BCUT2D eigenvalue weighted by atomic mass is 10.1. The number of hydrogen-bond acceptors (Lipinski definition) is 2.